The first-order chi connectivity index (χ1) is 8.13. The van der Waals surface area contributed by atoms with E-state index in [0.29, 0.717) is 0 Å². The third-order valence-corrected chi connectivity index (χ3v) is 4.61. The molecule has 0 aromatic carbocycles. The molecule has 1 unspecified atom stereocenters. The fraction of sp³-hybridized carbons (Fsp3) is 0.417. The lowest BCUT2D eigenvalue weighted by Crippen LogP contribution is -2.21. The quantitative estimate of drug-likeness (QED) is 0.939. The van der Waals surface area contributed by atoms with Crippen molar-refractivity contribution in [3.05, 3.63) is 38.3 Å². The number of nitrogens with one attached hydrogen (secondary N) is 1. The van der Waals surface area contributed by atoms with Crippen molar-refractivity contribution in [2.45, 2.75) is 19.9 Å². The van der Waals surface area contributed by atoms with E-state index in [0.717, 1.165) is 16.7 Å². The highest BCUT2D eigenvalue weighted by atomic mass is 79.9. The number of rotatable bonds is 4. The minimum Gasteiger partial charge on any atom is -0.306 e. The van der Waals surface area contributed by atoms with Crippen LogP contribution in [0.2, 0.25) is 0 Å². The van der Waals surface area contributed by atoms with E-state index in [1.54, 1.807) is 11.3 Å². The zero-order valence-electron chi connectivity index (χ0n) is 10.2. The number of aryl methyl sites for hydroxylation is 2. The van der Waals surface area contributed by atoms with E-state index < -0.39 is 0 Å². The molecule has 1 N–H and O–H groups in total. The molecule has 17 heavy (non-hydrogen) atoms. The molecular weight excluding hydrogens is 298 g/mol. The van der Waals surface area contributed by atoms with Crippen LogP contribution in [0.4, 0.5) is 0 Å². The maximum absolute atomic E-state index is 4.42. The summed E-state index contributed by atoms with van der Waals surface area (Å²) in [5.41, 5.74) is 2.33. The molecule has 0 aliphatic heterocycles. The highest BCUT2D eigenvalue weighted by Crippen LogP contribution is 2.34. The van der Waals surface area contributed by atoms with Crippen LogP contribution in [0, 0.1) is 6.92 Å². The second-order valence-electron chi connectivity index (χ2n) is 3.97. The van der Waals surface area contributed by atoms with Gasteiger partial charge in [-0.25, -0.2) is 0 Å². The van der Waals surface area contributed by atoms with Crippen molar-refractivity contribution in [2.24, 2.45) is 7.05 Å². The van der Waals surface area contributed by atoms with Crippen molar-refractivity contribution in [3.8, 4) is 0 Å². The molecule has 0 bridgehead atoms. The molecule has 0 aliphatic rings. The van der Waals surface area contributed by atoms with Crippen molar-refractivity contribution in [3.63, 3.8) is 0 Å². The number of aromatic nitrogens is 2. The summed E-state index contributed by atoms with van der Waals surface area (Å²) in [7, 11) is 1.96. The lowest BCUT2D eigenvalue weighted by Gasteiger charge is -2.16. The van der Waals surface area contributed by atoms with Gasteiger partial charge in [-0.15, -0.1) is 11.3 Å². The molecule has 2 heterocycles. The second kappa shape index (κ2) is 5.33. The lowest BCUT2D eigenvalue weighted by atomic mass is 10.1. The van der Waals surface area contributed by atoms with Gasteiger partial charge in [0.1, 0.15) is 0 Å². The van der Waals surface area contributed by atoms with E-state index in [4.69, 9.17) is 0 Å². The molecule has 0 amide bonds. The predicted octanol–water partition coefficient (Wildman–Crippen LogP) is 3.25. The zero-order valence-corrected chi connectivity index (χ0v) is 12.6. The number of nitrogens with zero attached hydrogens (tertiary/aromatic N) is 2. The molecule has 3 nitrogen and oxygen atoms in total. The van der Waals surface area contributed by atoms with E-state index in [-0.39, 0.29) is 6.04 Å². The smallest absolute Gasteiger partial charge is 0.0716 e. The number of hydrogen-bond donors (Lipinski definition) is 1. The minimum absolute atomic E-state index is 0.225. The van der Waals surface area contributed by atoms with Gasteiger partial charge in [-0.2, -0.15) is 5.10 Å². The Bertz CT molecular complexity index is 504. The molecule has 2 rings (SSSR count). The second-order valence-corrected chi connectivity index (χ2v) is 5.77. The normalized spacial score (nSPS) is 12.9. The fourth-order valence-corrected chi connectivity index (χ4v) is 3.65. The lowest BCUT2D eigenvalue weighted by molar-refractivity contribution is 0.634. The predicted molar refractivity (Wildman–Crippen MR) is 75.5 cm³/mol. The highest BCUT2D eigenvalue weighted by Gasteiger charge is 2.20. The molecule has 0 fully saturated rings. The van der Waals surface area contributed by atoms with Crippen LogP contribution in [0.15, 0.2) is 22.1 Å². The van der Waals surface area contributed by atoms with E-state index in [1.807, 2.05) is 11.7 Å². The summed E-state index contributed by atoms with van der Waals surface area (Å²) in [4.78, 5) is 1.31. The average molecular weight is 314 g/mol. The van der Waals surface area contributed by atoms with Crippen molar-refractivity contribution >= 4 is 27.3 Å². The average Bonchev–Trinajstić information content (AvgIpc) is 2.82. The monoisotopic (exact) mass is 313 g/mol. The molecule has 0 saturated carbocycles. The van der Waals surface area contributed by atoms with Crippen molar-refractivity contribution in [2.75, 3.05) is 6.54 Å². The van der Waals surface area contributed by atoms with Crippen LogP contribution in [0.1, 0.15) is 29.1 Å². The van der Waals surface area contributed by atoms with Gasteiger partial charge in [0.25, 0.3) is 0 Å². The molecule has 0 spiro atoms. The van der Waals surface area contributed by atoms with Gasteiger partial charge >= 0.3 is 0 Å². The Morgan fingerprint density at radius 1 is 1.59 bits per heavy atom. The van der Waals surface area contributed by atoms with Crippen LogP contribution in [0.25, 0.3) is 0 Å². The molecule has 0 saturated heterocycles. The summed E-state index contributed by atoms with van der Waals surface area (Å²) in [6.07, 6.45) is 2.09. The Kier molecular flexibility index (Phi) is 4.01. The molecule has 2 aromatic rings. The Balaban J connectivity index is 2.42. The van der Waals surface area contributed by atoms with Gasteiger partial charge in [-0.3, -0.25) is 4.68 Å². The molecule has 0 aliphatic carbocycles. The summed E-state index contributed by atoms with van der Waals surface area (Å²) < 4.78 is 3.04. The van der Waals surface area contributed by atoms with Gasteiger partial charge in [-0.1, -0.05) is 6.92 Å². The van der Waals surface area contributed by atoms with Gasteiger partial charge in [-0.05, 0) is 40.8 Å². The molecule has 92 valence electrons. The maximum Gasteiger partial charge on any atom is 0.0716 e. The summed E-state index contributed by atoms with van der Waals surface area (Å²) in [6, 6.07) is 2.32. The SMILES string of the molecule is CCNC(c1cn(C)nc1C)c1sccc1Br. The van der Waals surface area contributed by atoms with E-state index in [1.165, 1.54) is 10.4 Å². The first-order valence-corrected chi connectivity index (χ1v) is 7.27. The van der Waals surface area contributed by atoms with Gasteiger partial charge in [0.05, 0.1) is 11.7 Å². The number of hydrogen-bond acceptors (Lipinski definition) is 3. The van der Waals surface area contributed by atoms with E-state index in [9.17, 15) is 0 Å². The molecular formula is C12H16BrN3S. The first kappa shape index (κ1) is 12.8. The van der Waals surface area contributed by atoms with Gasteiger partial charge in [0.2, 0.25) is 0 Å². The standard InChI is InChI=1S/C12H16BrN3S/c1-4-14-11(12-10(13)5-6-17-12)9-7-16(3)15-8(9)2/h5-7,11,14H,4H2,1-3H3. The van der Waals surface area contributed by atoms with E-state index >= 15 is 0 Å². The van der Waals surface area contributed by atoms with Crippen molar-refractivity contribution < 1.29 is 0 Å². The Labute approximate surface area is 114 Å². The Hall–Kier alpha value is -0.650. The minimum atomic E-state index is 0.225. The molecule has 5 heteroatoms. The highest BCUT2D eigenvalue weighted by molar-refractivity contribution is 9.10. The third-order valence-electron chi connectivity index (χ3n) is 2.68. The zero-order chi connectivity index (χ0) is 12.4. The van der Waals surface area contributed by atoms with Crippen LogP contribution in [0.5, 0.6) is 0 Å². The summed E-state index contributed by atoms with van der Waals surface area (Å²) in [5.74, 6) is 0. The maximum atomic E-state index is 4.42. The Morgan fingerprint density at radius 2 is 2.35 bits per heavy atom. The van der Waals surface area contributed by atoms with Crippen LogP contribution in [-0.2, 0) is 7.05 Å². The van der Waals surface area contributed by atoms with Gasteiger partial charge < -0.3 is 5.32 Å². The largest absolute Gasteiger partial charge is 0.306 e. The number of halogens is 1. The van der Waals surface area contributed by atoms with Crippen LogP contribution >= 0.6 is 27.3 Å². The van der Waals surface area contributed by atoms with E-state index in [2.05, 4.69) is 57.8 Å². The summed E-state index contributed by atoms with van der Waals surface area (Å²) in [6.45, 7) is 5.12. The van der Waals surface area contributed by atoms with Gasteiger partial charge in [0.15, 0.2) is 0 Å². The fourth-order valence-electron chi connectivity index (χ4n) is 1.96. The van der Waals surface area contributed by atoms with Crippen molar-refractivity contribution in [1.29, 1.82) is 0 Å². The number of thiophene rings is 1. The molecule has 1 atom stereocenters. The Morgan fingerprint density at radius 3 is 2.82 bits per heavy atom. The molecule has 0 radical (unpaired) electrons. The topological polar surface area (TPSA) is 29.9 Å². The van der Waals surface area contributed by atoms with Crippen LogP contribution in [0.3, 0.4) is 0 Å². The summed E-state index contributed by atoms with van der Waals surface area (Å²) >= 11 is 5.37. The van der Waals surface area contributed by atoms with Crippen LogP contribution in [-0.4, -0.2) is 16.3 Å². The van der Waals surface area contributed by atoms with Crippen molar-refractivity contribution in [1.82, 2.24) is 15.1 Å². The molecule has 2 aromatic heterocycles. The third kappa shape index (κ3) is 2.61. The van der Waals surface area contributed by atoms with Gasteiger partial charge in [0, 0.05) is 28.2 Å². The first-order valence-electron chi connectivity index (χ1n) is 5.60. The van der Waals surface area contributed by atoms with Crippen LogP contribution < -0.4 is 5.32 Å². The summed E-state index contributed by atoms with van der Waals surface area (Å²) in [5, 5.41) is 10.0.